The molecule has 0 radical (unpaired) electrons. The zero-order valence-corrected chi connectivity index (χ0v) is 37.1. The summed E-state index contributed by atoms with van der Waals surface area (Å²) in [6, 6.07) is 54.9. The lowest BCUT2D eigenvalue weighted by molar-refractivity contribution is 0.479. The quantitative estimate of drug-likeness (QED) is 0.160. The molecule has 0 atom stereocenters. The van der Waals surface area contributed by atoms with Crippen LogP contribution in [0.3, 0.4) is 0 Å². The standard InChI is InChI=1S/C55H52N4OS/c1-53(2,3)37-19-16-20-40(29-37)57-35-58(47-23-14-13-22-46(47)57)41-30-39(54(4,5)6)31-43(33-41)60-42-25-26-44-48(34-42)59(51-45-21-12-15-24-49(45)61-52(44)51)50-32-38(27-28-56-50)55(7,8)36-17-10-9-11-18-36/h9-34H,35H2,1-8H3. The molecule has 61 heavy (non-hydrogen) atoms. The lowest BCUT2D eigenvalue weighted by atomic mass is 9.78. The Morgan fingerprint density at radius 3 is 1.95 bits per heavy atom. The molecule has 0 amide bonds. The molecule has 0 fully saturated rings. The lowest BCUT2D eigenvalue weighted by Gasteiger charge is -2.27. The van der Waals surface area contributed by atoms with E-state index in [2.05, 4.69) is 221 Å². The minimum Gasteiger partial charge on any atom is -0.457 e. The summed E-state index contributed by atoms with van der Waals surface area (Å²) >= 11 is 1.84. The van der Waals surface area contributed by atoms with E-state index in [0.717, 1.165) is 28.5 Å². The number of ether oxygens (including phenoxy) is 1. The van der Waals surface area contributed by atoms with E-state index in [0.29, 0.717) is 6.67 Å². The molecule has 4 heterocycles. The SMILES string of the molecule is CC(C)(C)c1cccc(N2CN(c3cc(Oc4ccc5c6sc7ccccc7c6n(-c6cc(C(C)(C)c7ccccc7)ccn6)c5c4)cc(C(C)(C)C)c3)c3ccccc32)c1. The van der Waals surface area contributed by atoms with Crippen LogP contribution in [0, 0.1) is 0 Å². The molecular weight excluding hydrogens is 765 g/mol. The highest BCUT2D eigenvalue weighted by Gasteiger charge is 2.31. The average molecular weight is 817 g/mol. The Hall–Kier alpha value is -6.37. The van der Waals surface area contributed by atoms with Crippen LogP contribution < -0.4 is 14.5 Å². The molecule has 0 saturated carbocycles. The third-order valence-electron chi connectivity index (χ3n) is 12.5. The normalized spacial score (nSPS) is 13.4. The molecule has 6 aromatic carbocycles. The first-order valence-electron chi connectivity index (χ1n) is 21.3. The van der Waals surface area contributed by atoms with Crippen LogP contribution in [0.1, 0.15) is 77.6 Å². The van der Waals surface area contributed by atoms with Gasteiger partial charge in [-0.05, 0) is 99.8 Å². The van der Waals surface area contributed by atoms with Gasteiger partial charge in [0.15, 0.2) is 0 Å². The van der Waals surface area contributed by atoms with Crippen molar-refractivity contribution in [1.82, 2.24) is 9.55 Å². The van der Waals surface area contributed by atoms with E-state index in [1.54, 1.807) is 0 Å². The van der Waals surface area contributed by atoms with Crippen molar-refractivity contribution in [2.45, 2.75) is 71.6 Å². The predicted molar refractivity (Wildman–Crippen MR) is 258 cm³/mol. The van der Waals surface area contributed by atoms with Gasteiger partial charge in [-0.15, -0.1) is 11.3 Å². The number of hydrogen-bond acceptors (Lipinski definition) is 5. The van der Waals surface area contributed by atoms with Gasteiger partial charge < -0.3 is 14.5 Å². The van der Waals surface area contributed by atoms with Gasteiger partial charge in [-0.3, -0.25) is 4.57 Å². The molecular formula is C55H52N4OS. The first kappa shape index (κ1) is 38.8. The Labute approximate surface area is 363 Å². The fourth-order valence-electron chi connectivity index (χ4n) is 8.86. The van der Waals surface area contributed by atoms with E-state index in [1.807, 2.05) is 17.5 Å². The topological polar surface area (TPSA) is 33.5 Å². The van der Waals surface area contributed by atoms with Crippen LogP contribution in [0.15, 0.2) is 158 Å². The van der Waals surface area contributed by atoms with Gasteiger partial charge in [0.05, 0.1) is 27.1 Å². The van der Waals surface area contributed by atoms with Crippen LogP contribution >= 0.6 is 11.3 Å². The maximum atomic E-state index is 6.99. The molecule has 0 aliphatic carbocycles. The number of benzene rings is 6. The van der Waals surface area contributed by atoms with E-state index in [-0.39, 0.29) is 16.2 Å². The highest BCUT2D eigenvalue weighted by Crippen LogP contribution is 2.48. The monoisotopic (exact) mass is 816 g/mol. The molecule has 3 aromatic heterocycles. The molecule has 6 heteroatoms. The van der Waals surface area contributed by atoms with Crippen LogP contribution in [-0.2, 0) is 16.2 Å². The average Bonchev–Trinajstić information content (AvgIpc) is 3.92. The van der Waals surface area contributed by atoms with Gasteiger partial charge in [-0.2, -0.15) is 0 Å². The van der Waals surface area contributed by atoms with Crippen LogP contribution in [0.4, 0.5) is 22.7 Å². The summed E-state index contributed by atoms with van der Waals surface area (Å²) in [5.74, 6) is 2.48. The first-order chi connectivity index (χ1) is 29.2. The summed E-state index contributed by atoms with van der Waals surface area (Å²) in [6.07, 6.45) is 1.96. The Kier molecular flexibility index (Phi) is 9.15. The summed E-state index contributed by atoms with van der Waals surface area (Å²) in [5.41, 5.74) is 11.6. The number of fused-ring (bicyclic) bond motifs is 6. The third-order valence-corrected chi connectivity index (χ3v) is 13.7. The second kappa shape index (κ2) is 14.4. The zero-order valence-electron chi connectivity index (χ0n) is 36.3. The lowest BCUT2D eigenvalue weighted by Crippen LogP contribution is -2.25. The minimum atomic E-state index is -0.217. The van der Waals surface area contributed by atoms with Crippen molar-refractivity contribution in [1.29, 1.82) is 0 Å². The summed E-state index contributed by atoms with van der Waals surface area (Å²) in [6.45, 7) is 18.9. The number of para-hydroxylation sites is 2. The number of hydrogen-bond donors (Lipinski definition) is 0. The van der Waals surface area contributed by atoms with Gasteiger partial charge in [0, 0.05) is 50.6 Å². The number of anilines is 4. The minimum absolute atomic E-state index is 0.0517. The number of aromatic nitrogens is 2. The molecule has 0 saturated heterocycles. The summed E-state index contributed by atoms with van der Waals surface area (Å²) in [5, 5.41) is 2.41. The maximum absolute atomic E-state index is 6.99. The number of rotatable bonds is 7. The van der Waals surface area contributed by atoms with Crippen LogP contribution in [-0.4, -0.2) is 16.2 Å². The zero-order chi connectivity index (χ0) is 42.3. The predicted octanol–water partition coefficient (Wildman–Crippen LogP) is 15.4. The van der Waals surface area contributed by atoms with E-state index in [1.165, 1.54) is 65.0 Å². The van der Waals surface area contributed by atoms with Gasteiger partial charge in [0.25, 0.3) is 0 Å². The largest absolute Gasteiger partial charge is 0.457 e. The van der Waals surface area contributed by atoms with Crippen molar-refractivity contribution in [2.75, 3.05) is 16.5 Å². The fraction of sp³-hybridized carbons (Fsp3) is 0.218. The van der Waals surface area contributed by atoms with Gasteiger partial charge in [0.1, 0.15) is 24.0 Å². The Morgan fingerprint density at radius 1 is 0.525 bits per heavy atom. The summed E-state index contributed by atoms with van der Waals surface area (Å²) in [7, 11) is 0. The van der Waals surface area contributed by atoms with E-state index in [4.69, 9.17) is 9.72 Å². The number of pyridine rings is 1. The molecule has 5 nitrogen and oxygen atoms in total. The summed E-state index contributed by atoms with van der Waals surface area (Å²) < 4.78 is 11.9. The van der Waals surface area contributed by atoms with Gasteiger partial charge in [-0.1, -0.05) is 128 Å². The van der Waals surface area contributed by atoms with Gasteiger partial charge >= 0.3 is 0 Å². The highest BCUT2D eigenvalue weighted by atomic mass is 32.1. The van der Waals surface area contributed by atoms with Crippen LogP contribution in [0.2, 0.25) is 0 Å². The van der Waals surface area contributed by atoms with Gasteiger partial charge in [0.2, 0.25) is 0 Å². The van der Waals surface area contributed by atoms with Crippen LogP contribution in [0.5, 0.6) is 11.5 Å². The van der Waals surface area contributed by atoms with Crippen molar-refractivity contribution in [2.24, 2.45) is 0 Å². The third kappa shape index (κ3) is 6.83. The highest BCUT2D eigenvalue weighted by molar-refractivity contribution is 7.26. The Morgan fingerprint density at radius 2 is 1.20 bits per heavy atom. The summed E-state index contributed by atoms with van der Waals surface area (Å²) in [4.78, 5) is 9.91. The molecule has 0 unspecified atom stereocenters. The fourth-order valence-corrected chi connectivity index (χ4v) is 10.1. The second-order valence-electron chi connectivity index (χ2n) is 19.0. The van der Waals surface area contributed by atoms with E-state index < -0.39 is 0 Å². The van der Waals surface area contributed by atoms with Crippen molar-refractivity contribution in [3.05, 3.63) is 180 Å². The molecule has 1 aliphatic heterocycles. The molecule has 304 valence electrons. The molecule has 0 spiro atoms. The van der Waals surface area contributed by atoms with Crippen molar-refractivity contribution >= 4 is 65.3 Å². The van der Waals surface area contributed by atoms with E-state index in [9.17, 15) is 0 Å². The van der Waals surface area contributed by atoms with E-state index >= 15 is 0 Å². The maximum Gasteiger partial charge on any atom is 0.137 e. The smallest absolute Gasteiger partial charge is 0.137 e. The Balaban J connectivity index is 1.08. The molecule has 9 aromatic rings. The first-order valence-corrected chi connectivity index (χ1v) is 22.1. The van der Waals surface area contributed by atoms with Crippen molar-refractivity contribution < 1.29 is 4.74 Å². The molecule has 0 N–H and O–H groups in total. The molecule has 10 rings (SSSR count). The second-order valence-corrected chi connectivity index (χ2v) is 20.1. The van der Waals surface area contributed by atoms with Gasteiger partial charge in [-0.25, -0.2) is 4.98 Å². The number of thiophene rings is 1. The number of nitrogens with zero attached hydrogens (tertiary/aromatic N) is 4. The van der Waals surface area contributed by atoms with Crippen molar-refractivity contribution in [3.63, 3.8) is 0 Å². The molecule has 1 aliphatic rings. The Bertz CT molecular complexity index is 3110. The van der Waals surface area contributed by atoms with Crippen molar-refractivity contribution in [3.8, 4) is 17.3 Å². The van der Waals surface area contributed by atoms with Crippen LogP contribution in [0.25, 0.3) is 37.0 Å². The molecule has 0 bridgehead atoms.